The van der Waals surface area contributed by atoms with Gasteiger partial charge in [-0.05, 0) is 50.1 Å². The molecule has 0 saturated heterocycles. The second-order valence-corrected chi connectivity index (χ2v) is 9.51. The second kappa shape index (κ2) is 9.50. The van der Waals surface area contributed by atoms with Crippen molar-refractivity contribution in [2.75, 3.05) is 18.0 Å². The zero-order valence-electron chi connectivity index (χ0n) is 17.3. The third-order valence-corrected chi connectivity index (χ3v) is 6.79. The molecule has 0 aliphatic heterocycles. The fourth-order valence-corrected chi connectivity index (χ4v) is 4.22. The van der Waals surface area contributed by atoms with Crippen molar-refractivity contribution in [3.05, 3.63) is 53.1 Å². The smallest absolute Gasteiger partial charge is 0.264 e. The van der Waals surface area contributed by atoms with Crippen LogP contribution in [0.15, 0.2) is 47.4 Å². The maximum atomic E-state index is 13.3. The Kier molecular flexibility index (Phi) is 7.54. The van der Waals surface area contributed by atoms with Crippen LogP contribution in [0.3, 0.4) is 0 Å². The summed E-state index contributed by atoms with van der Waals surface area (Å²) in [5.74, 6) is 0.242. The Morgan fingerprint density at radius 3 is 2.28 bits per heavy atom. The summed E-state index contributed by atoms with van der Waals surface area (Å²) in [6, 6.07) is 11.0. The molecule has 1 atom stereocenters. The van der Waals surface area contributed by atoms with Gasteiger partial charge in [-0.2, -0.15) is 0 Å². The molecule has 0 spiro atoms. The SMILES string of the molecule is COc1ccc(N(CC(=O)N[C@@H](C)C(C)C)S(=O)(=O)c2ccc(C)cc2)cc1Cl. The molecule has 0 aliphatic carbocycles. The van der Waals surface area contributed by atoms with E-state index in [1.807, 2.05) is 27.7 Å². The third kappa shape index (κ3) is 5.64. The molecule has 8 heteroatoms. The number of ether oxygens (including phenoxy) is 1. The topological polar surface area (TPSA) is 75.7 Å². The molecular formula is C21H27ClN2O4S. The highest BCUT2D eigenvalue weighted by Gasteiger charge is 2.28. The number of methoxy groups -OCH3 is 1. The van der Waals surface area contributed by atoms with Crippen molar-refractivity contribution in [3.63, 3.8) is 0 Å². The molecular weight excluding hydrogens is 412 g/mol. The van der Waals surface area contributed by atoms with Crippen LogP contribution in [0.5, 0.6) is 5.75 Å². The number of carbonyl (C=O) groups is 1. The van der Waals surface area contributed by atoms with Crippen molar-refractivity contribution in [1.29, 1.82) is 0 Å². The van der Waals surface area contributed by atoms with Gasteiger partial charge >= 0.3 is 0 Å². The Morgan fingerprint density at radius 2 is 1.76 bits per heavy atom. The number of anilines is 1. The maximum Gasteiger partial charge on any atom is 0.264 e. The van der Waals surface area contributed by atoms with Gasteiger partial charge in [0.25, 0.3) is 10.0 Å². The van der Waals surface area contributed by atoms with Gasteiger partial charge in [0.15, 0.2) is 0 Å². The lowest BCUT2D eigenvalue weighted by Gasteiger charge is -2.26. The van der Waals surface area contributed by atoms with Crippen molar-refractivity contribution in [3.8, 4) is 5.75 Å². The normalized spacial score (nSPS) is 12.5. The zero-order valence-corrected chi connectivity index (χ0v) is 18.8. The number of hydrogen-bond acceptors (Lipinski definition) is 4. The molecule has 2 aromatic rings. The number of carbonyl (C=O) groups excluding carboxylic acids is 1. The number of nitrogens with one attached hydrogen (secondary N) is 1. The van der Waals surface area contributed by atoms with E-state index < -0.39 is 15.9 Å². The predicted octanol–water partition coefficient (Wildman–Crippen LogP) is 4.01. The van der Waals surface area contributed by atoms with Gasteiger partial charge in [0.05, 0.1) is 22.7 Å². The first kappa shape index (κ1) is 23.0. The van der Waals surface area contributed by atoms with Crippen LogP contribution in [0.4, 0.5) is 5.69 Å². The lowest BCUT2D eigenvalue weighted by molar-refractivity contribution is -0.120. The van der Waals surface area contributed by atoms with Crippen LogP contribution in [0.2, 0.25) is 5.02 Å². The summed E-state index contributed by atoms with van der Waals surface area (Å²) in [5.41, 5.74) is 1.22. The molecule has 1 N–H and O–H groups in total. The Bertz CT molecular complexity index is 959. The molecule has 0 fully saturated rings. The van der Waals surface area contributed by atoms with Crippen molar-refractivity contribution in [1.82, 2.24) is 5.32 Å². The minimum absolute atomic E-state index is 0.0918. The number of benzene rings is 2. The maximum absolute atomic E-state index is 13.3. The molecule has 0 aliphatic rings. The fourth-order valence-electron chi connectivity index (χ4n) is 2.56. The lowest BCUT2D eigenvalue weighted by Crippen LogP contribution is -2.45. The lowest BCUT2D eigenvalue weighted by atomic mass is 10.1. The van der Waals surface area contributed by atoms with Gasteiger partial charge < -0.3 is 10.1 Å². The predicted molar refractivity (Wildman–Crippen MR) is 116 cm³/mol. The van der Waals surface area contributed by atoms with Gasteiger partial charge in [0.1, 0.15) is 12.3 Å². The fraction of sp³-hybridized carbons (Fsp3) is 0.381. The van der Waals surface area contributed by atoms with Gasteiger partial charge in [-0.1, -0.05) is 43.1 Å². The van der Waals surface area contributed by atoms with Crippen molar-refractivity contribution >= 4 is 33.2 Å². The van der Waals surface area contributed by atoms with E-state index >= 15 is 0 Å². The Labute approximate surface area is 177 Å². The standard InChI is InChI=1S/C21H27ClN2O4S/c1-14(2)16(4)23-21(25)13-24(17-8-11-20(28-5)19(22)12-17)29(26,27)18-9-6-15(3)7-10-18/h6-12,14,16H,13H2,1-5H3,(H,23,25)/t16-/m0/s1. The molecule has 0 radical (unpaired) electrons. The van der Waals surface area contributed by atoms with Crippen LogP contribution >= 0.6 is 11.6 Å². The summed E-state index contributed by atoms with van der Waals surface area (Å²) in [6.07, 6.45) is 0. The summed E-state index contributed by atoms with van der Waals surface area (Å²) in [6.45, 7) is 7.35. The van der Waals surface area contributed by atoms with Gasteiger partial charge in [0, 0.05) is 6.04 Å². The molecule has 0 bridgehead atoms. The van der Waals surface area contributed by atoms with Crippen molar-refractivity contribution in [2.45, 2.75) is 38.6 Å². The summed E-state index contributed by atoms with van der Waals surface area (Å²) < 4.78 is 32.9. The average Bonchev–Trinajstić information content (AvgIpc) is 2.66. The van der Waals surface area contributed by atoms with Crippen LogP contribution in [-0.2, 0) is 14.8 Å². The van der Waals surface area contributed by atoms with Gasteiger partial charge in [-0.3, -0.25) is 9.10 Å². The van der Waals surface area contributed by atoms with E-state index in [9.17, 15) is 13.2 Å². The van der Waals surface area contributed by atoms with Crippen LogP contribution < -0.4 is 14.4 Å². The minimum atomic E-state index is -3.99. The first-order chi connectivity index (χ1) is 13.6. The van der Waals surface area contributed by atoms with Crippen molar-refractivity contribution in [2.24, 2.45) is 5.92 Å². The molecule has 6 nitrogen and oxygen atoms in total. The first-order valence-corrected chi connectivity index (χ1v) is 11.1. The highest BCUT2D eigenvalue weighted by Crippen LogP contribution is 2.32. The Hall–Kier alpha value is -2.25. The van der Waals surface area contributed by atoms with E-state index in [0.717, 1.165) is 9.87 Å². The molecule has 0 saturated carbocycles. The van der Waals surface area contributed by atoms with E-state index in [1.165, 1.54) is 25.3 Å². The summed E-state index contributed by atoms with van der Waals surface area (Å²) in [4.78, 5) is 12.7. The average molecular weight is 439 g/mol. The molecule has 2 aromatic carbocycles. The Morgan fingerprint density at radius 1 is 1.14 bits per heavy atom. The molecule has 158 valence electrons. The van der Waals surface area contributed by atoms with E-state index in [-0.39, 0.29) is 34.1 Å². The molecule has 0 heterocycles. The zero-order chi connectivity index (χ0) is 21.8. The van der Waals surface area contributed by atoms with Gasteiger partial charge in [-0.15, -0.1) is 0 Å². The first-order valence-electron chi connectivity index (χ1n) is 9.28. The van der Waals surface area contributed by atoms with Gasteiger partial charge in [-0.25, -0.2) is 8.42 Å². The highest BCUT2D eigenvalue weighted by molar-refractivity contribution is 7.92. The monoisotopic (exact) mass is 438 g/mol. The quantitative estimate of drug-likeness (QED) is 0.675. The van der Waals surface area contributed by atoms with Gasteiger partial charge in [0.2, 0.25) is 5.91 Å². The molecule has 0 unspecified atom stereocenters. The third-order valence-electron chi connectivity index (χ3n) is 4.71. The molecule has 2 rings (SSSR count). The summed E-state index contributed by atoms with van der Waals surface area (Å²) >= 11 is 6.21. The summed E-state index contributed by atoms with van der Waals surface area (Å²) in [5, 5.41) is 3.10. The number of amides is 1. The van der Waals surface area contributed by atoms with Crippen molar-refractivity contribution < 1.29 is 17.9 Å². The van der Waals surface area contributed by atoms with Crippen LogP contribution in [-0.4, -0.2) is 34.0 Å². The Balaban J connectivity index is 2.46. The number of halogens is 1. The second-order valence-electron chi connectivity index (χ2n) is 7.24. The van der Waals surface area contributed by atoms with Crippen LogP contribution in [0.1, 0.15) is 26.3 Å². The largest absolute Gasteiger partial charge is 0.495 e. The number of rotatable bonds is 8. The van der Waals surface area contributed by atoms with E-state index in [4.69, 9.17) is 16.3 Å². The van der Waals surface area contributed by atoms with E-state index in [1.54, 1.807) is 24.3 Å². The minimum Gasteiger partial charge on any atom is -0.495 e. The number of hydrogen-bond donors (Lipinski definition) is 1. The number of nitrogens with zero attached hydrogens (tertiary/aromatic N) is 1. The molecule has 1 amide bonds. The van der Waals surface area contributed by atoms with Crippen LogP contribution in [0, 0.1) is 12.8 Å². The van der Waals surface area contributed by atoms with E-state index in [0.29, 0.717) is 5.75 Å². The number of sulfonamides is 1. The summed E-state index contributed by atoms with van der Waals surface area (Å²) in [7, 11) is -2.51. The highest BCUT2D eigenvalue weighted by atomic mass is 35.5. The van der Waals surface area contributed by atoms with E-state index in [2.05, 4.69) is 5.32 Å². The number of aryl methyl sites for hydroxylation is 1. The molecule has 29 heavy (non-hydrogen) atoms. The molecule has 0 aromatic heterocycles. The van der Waals surface area contributed by atoms with Crippen LogP contribution in [0.25, 0.3) is 0 Å².